The van der Waals surface area contributed by atoms with Crippen LogP contribution in [0, 0.1) is 11.3 Å². The molecule has 0 atom stereocenters. The van der Waals surface area contributed by atoms with Crippen LogP contribution >= 0.6 is 0 Å². The molecule has 0 radical (unpaired) electrons. The first-order valence-corrected chi connectivity index (χ1v) is 4.74. The van der Waals surface area contributed by atoms with Gasteiger partial charge in [0.05, 0.1) is 11.3 Å². The van der Waals surface area contributed by atoms with E-state index in [2.05, 4.69) is 20.6 Å². The van der Waals surface area contributed by atoms with Gasteiger partial charge in [-0.3, -0.25) is 4.79 Å². The largest absolute Gasteiger partial charge is 0.307 e. The summed E-state index contributed by atoms with van der Waals surface area (Å²) in [5.41, 5.74) is 0.914. The Morgan fingerprint density at radius 3 is 2.88 bits per heavy atom. The molecule has 0 saturated carbocycles. The molecule has 1 amide bonds. The summed E-state index contributed by atoms with van der Waals surface area (Å²) in [4.78, 5) is 13.2. The molecule has 2 aromatic rings. The zero-order valence-electron chi connectivity index (χ0n) is 8.95. The standard InChI is InChI=1S/C10H8N6O/c1-16(10(17)9-12-14-15-13-9)8-5-3-2-4-7(8)6-11/h2-5H,1H3,(H,12,13,14,15). The van der Waals surface area contributed by atoms with Crippen molar-refractivity contribution in [3.8, 4) is 6.07 Å². The van der Waals surface area contributed by atoms with Crippen LogP contribution in [0.2, 0.25) is 0 Å². The topological polar surface area (TPSA) is 98.6 Å². The molecule has 0 spiro atoms. The Morgan fingerprint density at radius 2 is 2.24 bits per heavy atom. The van der Waals surface area contributed by atoms with Crippen LogP contribution in [0.4, 0.5) is 5.69 Å². The first kappa shape index (κ1) is 10.8. The fourth-order valence-corrected chi connectivity index (χ4v) is 1.37. The summed E-state index contributed by atoms with van der Waals surface area (Å²) in [6.07, 6.45) is 0. The van der Waals surface area contributed by atoms with Gasteiger partial charge in [-0.2, -0.15) is 10.5 Å². The monoisotopic (exact) mass is 228 g/mol. The molecule has 0 aliphatic carbocycles. The van der Waals surface area contributed by atoms with E-state index in [1.54, 1.807) is 31.3 Å². The number of rotatable bonds is 2. The number of tetrazole rings is 1. The average molecular weight is 228 g/mol. The molecule has 2 rings (SSSR count). The Kier molecular flexibility index (Phi) is 2.79. The van der Waals surface area contributed by atoms with Crippen molar-refractivity contribution in [1.82, 2.24) is 20.6 Å². The molecule has 0 bridgehead atoms. The Balaban J connectivity index is 2.35. The first-order valence-electron chi connectivity index (χ1n) is 4.74. The summed E-state index contributed by atoms with van der Waals surface area (Å²) in [5, 5.41) is 21.7. The number of para-hydroxylation sites is 1. The summed E-state index contributed by atoms with van der Waals surface area (Å²) in [5.74, 6) is -0.471. The highest BCUT2D eigenvalue weighted by molar-refractivity contribution is 6.03. The molecular weight excluding hydrogens is 220 g/mol. The summed E-state index contributed by atoms with van der Waals surface area (Å²) in [6.45, 7) is 0. The molecule has 1 N–H and O–H groups in total. The summed E-state index contributed by atoms with van der Waals surface area (Å²) in [7, 11) is 1.55. The lowest BCUT2D eigenvalue weighted by Gasteiger charge is -2.16. The number of hydrogen-bond acceptors (Lipinski definition) is 5. The Bertz CT molecular complexity index is 571. The highest BCUT2D eigenvalue weighted by Gasteiger charge is 2.19. The number of H-pyrrole nitrogens is 1. The van der Waals surface area contributed by atoms with Gasteiger partial charge in [0.2, 0.25) is 0 Å². The van der Waals surface area contributed by atoms with Gasteiger partial charge in [-0.15, -0.1) is 10.2 Å². The first-order chi connectivity index (χ1) is 8.24. The van der Waals surface area contributed by atoms with Crippen LogP contribution < -0.4 is 4.90 Å². The second-order valence-corrected chi connectivity index (χ2v) is 3.23. The number of nitrogens with one attached hydrogen (secondary N) is 1. The maximum atomic E-state index is 11.9. The van der Waals surface area contributed by atoms with E-state index in [1.165, 1.54) is 4.90 Å². The third-order valence-corrected chi connectivity index (χ3v) is 2.23. The quantitative estimate of drug-likeness (QED) is 0.799. The Labute approximate surface area is 96.7 Å². The minimum absolute atomic E-state index is 0.0414. The van der Waals surface area contributed by atoms with E-state index in [0.29, 0.717) is 11.3 Å². The number of nitriles is 1. The van der Waals surface area contributed by atoms with Crippen molar-refractivity contribution in [2.75, 3.05) is 11.9 Å². The van der Waals surface area contributed by atoms with Crippen molar-refractivity contribution < 1.29 is 4.79 Å². The van der Waals surface area contributed by atoms with Gasteiger partial charge in [0.1, 0.15) is 6.07 Å². The molecule has 7 nitrogen and oxygen atoms in total. The Morgan fingerprint density at radius 1 is 1.47 bits per heavy atom. The summed E-state index contributed by atoms with van der Waals surface area (Å²) < 4.78 is 0. The third-order valence-electron chi connectivity index (χ3n) is 2.23. The smallest absolute Gasteiger partial charge is 0.299 e. The number of benzene rings is 1. The van der Waals surface area contributed by atoms with E-state index in [9.17, 15) is 4.79 Å². The molecule has 17 heavy (non-hydrogen) atoms. The van der Waals surface area contributed by atoms with Crippen molar-refractivity contribution in [2.24, 2.45) is 0 Å². The number of aromatic nitrogens is 4. The van der Waals surface area contributed by atoms with Crippen LogP contribution in [-0.4, -0.2) is 33.6 Å². The average Bonchev–Trinajstić information content (AvgIpc) is 2.90. The number of aromatic amines is 1. The van der Waals surface area contributed by atoms with Gasteiger partial charge in [0, 0.05) is 7.05 Å². The lowest BCUT2D eigenvalue weighted by molar-refractivity contribution is 0.0983. The van der Waals surface area contributed by atoms with Crippen LogP contribution in [0.3, 0.4) is 0 Å². The molecule has 7 heteroatoms. The van der Waals surface area contributed by atoms with Gasteiger partial charge in [-0.05, 0) is 17.3 Å². The van der Waals surface area contributed by atoms with Gasteiger partial charge in [0.25, 0.3) is 11.7 Å². The van der Waals surface area contributed by atoms with Crippen LogP contribution in [-0.2, 0) is 0 Å². The molecule has 0 fully saturated rings. The molecule has 0 aliphatic heterocycles. The summed E-state index contributed by atoms with van der Waals surface area (Å²) in [6, 6.07) is 8.81. The number of nitrogens with zero attached hydrogens (tertiary/aromatic N) is 5. The zero-order valence-corrected chi connectivity index (χ0v) is 8.95. The summed E-state index contributed by atoms with van der Waals surface area (Å²) >= 11 is 0. The Hall–Kier alpha value is -2.75. The van der Waals surface area contributed by atoms with Crippen LogP contribution in [0.15, 0.2) is 24.3 Å². The number of carbonyl (C=O) groups excluding carboxylic acids is 1. The van der Waals surface area contributed by atoms with E-state index in [4.69, 9.17) is 5.26 Å². The molecule has 1 aromatic heterocycles. The minimum Gasteiger partial charge on any atom is -0.307 e. The van der Waals surface area contributed by atoms with E-state index >= 15 is 0 Å². The van der Waals surface area contributed by atoms with E-state index < -0.39 is 5.91 Å². The van der Waals surface area contributed by atoms with Crippen molar-refractivity contribution in [3.63, 3.8) is 0 Å². The minimum atomic E-state index is -0.429. The molecule has 0 unspecified atom stereocenters. The highest BCUT2D eigenvalue weighted by Crippen LogP contribution is 2.18. The second kappa shape index (κ2) is 4.40. The van der Waals surface area contributed by atoms with Gasteiger partial charge < -0.3 is 4.90 Å². The van der Waals surface area contributed by atoms with Crippen LogP contribution in [0.25, 0.3) is 0 Å². The molecule has 0 aliphatic rings. The number of hydrogen-bond donors (Lipinski definition) is 1. The van der Waals surface area contributed by atoms with Crippen molar-refractivity contribution >= 4 is 11.6 Å². The van der Waals surface area contributed by atoms with Crippen molar-refractivity contribution in [2.45, 2.75) is 0 Å². The fraction of sp³-hybridized carbons (Fsp3) is 0.100. The SMILES string of the molecule is CN(C(=O)c1nn[nH]n1)c1ccccc1C#N. The van der Waals surface area contributed by atoms with E-state index in [-0.39, 0.29) is 5.82 Å². The second-order valence-electron chi connectivity index (χ2n) is 3.23. The predicted octanol–water partition coefficient (Wildman–Crippen LogP) is 0.348. The number of carbonyl (C=O) groups is 1. The maximum Gasteiger partial charge on any atom is 0.299 e. The lowest BCUT2D eigenvalue weighted by atomic mass is 10.2. The predicted molar refractivity (Wildman–Crippen MR) is 58.1 cm³/mol. The number of anilines is 1. The lowest BCUT2D eigenvalue weighted by Crippen LogP contribution is -2.28. The third kappa shape index (κ3) is 1.96. The van der Waals surface area contributed by atoms with E-state index in [0.717, 1.165) is 0 Å². The number of amides is 1. The van der Waals surface area contributed by atoms with Crippen molar-refractivity contribution in [1.29, 1.82) is 5.26 Å². The van der Waals surface area contributed by atoms with Gasteiger partial charge in [0.15, 0.2) is 0 Å². The zero-order chi connectivity index (χ0) is 12.3. The van der Waals surface area contributed by atoms with Crippen LogP contribution in [0.5, 0.6) is 0 Å². The highest BCUT2D eigenvalue weighted by atomic mass is 16.2. The normalized spacial score (nSPS) is 9.65. The van der Waals surface area contributed by atoms with Gasteiger partial charge >= 0.3 is 0 Å². The molecule has 1 heterocycles. The molecule has 1 aromatic carbocycles. The van der Waals surface area contributed by atoms with Gasteiger partial charge in [-0.25, -0.2) is 0 Å². The fourth-order valence-electron chi connectivity index (χ4n) is 1.37. The maximum absolute atomic E-state index is 11.9. The molecule has 84 valence electrons. The van der Waals surface area contributed by atoms with Crippen molar-refractivity contribution in [3.05, 3.63) is 35.7 Å². The van der Waals surface area contributed by atoms with Crippen LogP contribution in [0.1, 0.15) is 16.2 Å². The molecule has 0 saturated heterocycles. The van der Waals surface area contributed by atoms with E-state index in [1.807, 2.05) is 6.07 Å². The van der Waals surface area contributed by atoms with Gasteiger partial charge in [-0.1, -0.05) is 12.1 Å². The molecular formula is C10H8N6O.